The van der Waals surface area contributed by atoms with Crippen molar-refractivity contribution in [1.29, 1.82) is 0 Å². The molecule has 0 unspecified atom stereocenters. The van der Waals surface area contributed by atoms with Gasteiger partial charge in [0.05, 0.1) is 27.8 Å². The highest BCUT2D eigenvalue weighted by Gasteiger charge is 2.24. The van der Waals surface area contributed by atoms with Crippen LogP contribution >= 0.6 is 0 Å². The van der Waals surface area contributed by atoms with Crippen LogP contribution in [-0.4, -0.2) is 9.13 Å². The Balaban J connectivity index is 1.19. The van der Waals surface area contributed by atoms with Crippen LogP contribution in [0.3, 0.4) is 0 Å². The van der Waals surface area contributed by atoms with Gasteiger partial charge in [0.2, 0.25) is 0 Å². The largest absolute Gasteiger partial charge is 0.453 e. The highest BCUT2D eigenvalue weighted by molar-refractivity contribution is 6.13. The Kier molecular flexibility index (Phi) is 5.73. The van der Waals surface area contributed by atoms with Gasteiger partial charge in [-0.25, -0.2) is 0 Å². The number of hydrogen-bond donors (Lipinski definition) is 0. The van der Waals surface area contributed by atoms with Crippen LogP contribution in [0.2, 0.25) is 0 Å². The van der Waals surface area contributed by atoms with E-state index in [1.807, 2.05) is 12.1 Å². The second-order valence-corrected chi connectivity index (χ2v) is 15.1. The summed E-state index contributed by atoms with van der Waals surface area (Å²) < 4.78 is 11.1. The van der Waals surface area contributed by atoms with Gasteiger partial charge in [0.25, 0.3) is 0 Å². The first kappa shape index (κ1) is 28.0. The van der Waals surface area contributed by atoms with E-state index in [9.17, 15) is 0 Å². The predicted octanol–water partition coefficient (Wildman–Crippen LogP) is 12.2. The van der Waals surface area contributed by atoms with Gasteiger partial charge < -0.3 is 13.9 Å². The van der Waals surface area contributed by atoms with Gasteiger partial charge >= 0.3 is 0 Å². The molecule has 1 aliphatic rings. The van der Waals surface area contributed by atoms with Gasteiger partial charge in [-0.15, -0.1) is 0 Å². The summed E-state index contributed by atoms with van der Waals surface area (Å²) in [5.41, 5.74) is 12.3. The molecule has 0 atom stereocenters. The van der Waals surface area contributed by atoms with Crippen molar-refractivity contribution in [1.82, 2.24) is 9.13 Å². The molecule has 0 radical (unpaired) electrons. The third-order valence-corrected chi connectivity index (χ3v) is 10.0. The van der Waals surface area contributed by atoms with Crippen LogP contribution in [0.4, 0.5) is 0 Å². The molecule has 230 valence electrons. The summed E-state index contributed by atoms with van der Waals surface area (Å²) in [4.78, 5) is 0. The first-order chi connectivity index (χ1) is 22.6. The van der Waals surface area contributed by atoms with E-state index in [0.717, 1.165) is 22.7 Å². The second kappa shape index (κ2) is 9.62. The minimum Gasteiger partial charge on any atom is -0.453 e. The Labute approximate surface area is 275 Å². The van der Waals surface area contributed by atoms with Crippen LogP contribution in [0.25, 0.3) is 66.1 Å². The van der Waals surface area contributed by atoms with Crippen molar-refractivity contribution in [2.75, 3.05) is 0 Å². The van der Waals surface area contributed by atoms with Crippen molar-refractivity contribution in [2.24, 2.45) is 0 Å². The molecule has 0 fully saturated rings. The van der Waals surface area contributed by atoms with Gasteiger partial charge in [-0.2, -0.15) is 0 Å². The van der Waals surface area contributed by atoms with E-state index in [-0.39, 0.29) is 10.8 Å². The Hall–Kier alpha value is -5.28. The van der Waals surface area contributed by atoms with Crippen LogP contribution in [-0.2, 0) is 10.8 Å². The molecule has 0 aliphatic carbocycles. The Morgan fingerprint density at radius 2 is 1.00 bits per heavy atom. The SMILES string of the molecule is CC(C)(C)c1ccc2c(c1)c1cc(C(C)(C)C)ccc1n2-c1ccc(-c2ccc3c(c2)c2cccc4c2n3-c2ccccc2O4)cc1. The topological polar surface area (TPSA) is 19.1 Å². The highest BCUT2D eigenvalue weighted by atomic mass is 16.5. The summed E-state index contributed by atoms with van der Waals surface area (Å²) in [5.74, 6) is 1.79. The molecule has 8 aromatic rings. The van der Waals surface area contributed by atoms with Gasteiger partial charge in [0.15, 0.2) is 11.5 Å². The van der Waals surface area contributed by atoms with E-state index in [1.54, 1.807) is 0 Å². The number of benzene rings is 6. The van der Waals surface area contributed by atoms with Crippen LogP contribution in [0.15, 0.2) is 121 Å². The molecule has 9 rings (SSSR count). The maximum absolute atomic E-state index is 6.33. The van der Waals surface area contributed by atoms with E-state index < -0.39 is 0 Å². The molecule has 3 heteroatoms. The molecule has 47 heavy (non-hydrogen) atoms. The normalized spacial score (nSPS) is 13.1. The third-order valence-electron chi connectivity index (χ3n) is 10.0. The summed E-state index contributed by atoms with van der Waals surface area (Å²) in [6.45, 7) is 13.8. The second-order valence-electron chi connectivity index (χ2n) is 15.1. The lowest BCUT2D eigenvalue weighted by molar-refractivity contribution is 0.476. The average Bonchev–Trinajstić information content (AvgIpc) is 3.57. The Morgan fingerprint density at radius 3 is 1.66 bits per heavy atom. The number of para-hydroxylation sites is 3. The molecular weight excluding hydrogens is 572 g/mol. The summed E-state index contributed by atoms with van der Waals surface area (Å²) in [5, 5.41) is 5.06. The molecule has 3 heterocycles. The molecule has 0 saturated carbocycles. The van der Waals surface area contributed by atoms with Crippen LogP contribution in [0.5, 0.6) is 11.5 Å². The zero-order valence-corrected chi connectivity index (χ0v) is 27.8. The van der Waals surface area contributed by atoms with Crippen LogP contribution < -0.4 is 4.74 Å². The van der Waals surface area contributed by atoms with Crippen molar-refractivity contribution < 1.29 is 4.74 Å². The molecule has 0 bridgehead atoms. The van der Waals surface area contributed by atoms with E-state index in [0.29, 0.717) is 0 Å². The quantitative estimate of drug-likeness (QED) is 0.191. The summed E-state index contributed by atoms with van der Waals surface area (Å²) in [6, 6.07) is 44.6. The van der Waals surface area contributed by atoms with Gasteiger partial charge in [-0.3, -0.25) is 0 Å². The maximum Gasteiger partial charge on any atom is 0.152 e. The highest BCUT2D eigenvalue weighted by Crippen LogP contribution is 2.46. The lowest BCUT2D eigenvalue weighted by Crippen LogP contribution is -2.10. The average molecular weight is 611 g/mol. The number of fused-ring (bicyclic) bond motifs is 8. The molecule has 0 spiro atoms. The molecule has 1 aliphatic heterocycles. The van der Waals surface area contributed by atoms with E-state index in [2.05, 4.69) is 160 Å². The summed E-state index contributed by atoms with van der Waals surface area (Å²) in [6.07, 6.45) is 0. The van der Waals surface area contributed by atoms with Crippen molar-refractivity contribution >= 4 is 43.6 Å². The van der Waals surface area contributed by atoms with Gasteiger partial charge in [0.1, 0.15) is 0 Å². The molecule has 6 aromatic carbocycles. The third kappa shape index (κ3) is 4.19. The van der Waals surface area contributed by atoms with Gasteiger partial charge in [-0.1, -0.05) is 96.1 Å². The van der Waals surface area contributed by atoms with E-state index in [1.165, 1.54) is 66.0 Å². The standard InChI is InChI=1S/C44H38N2O/c1-43(2,3)29-17-22-36-34(25-29)35-26-30(44(4,5)6)18-23-37(35)45(36)31-19-14-27(15-20-31)28-16-21-38-33(24-28)32-10-9-13-41-42(32)46(38)39-11-7-8-12-40(39)47-41/h7-26H,1-6H3. The fourth-order valence-corrected chi connectivity index (χ4v) is 7.43. The molecule has 0 N–H and O–H groups in total. The molecule has 3 nitrogen and oxygen atoms in total. The first-order valence-corrected chi connectivity index (χ1v) is 16.6. The zero-order chi connectivity index (χ0) is 32.2. The molecule has 0 saturated heterocycles. The van der Waals surface area contributed by atoms with Crippen molar-refractivity contribution in [2.45, 2.75) is 52.4 Å². The number of ether oxygens (including phenoxy) is 1. The number of aromatic nitrogens is 2. The fourth-order valence-electron chi connectivity index (χ4n) is 7.43. The van der Waals surface area contributed by atoms with Gasteiger partial charge in [0, 0.05) is 27.2 Å². The fraction of sp³-hybridized carbons (Fsp3) is 0.182. The van der Waals surface area contributed by atoms with E-state index >= 15 is 0 Å². The monoisotopic (exact) mass is 610 g/mol. The number of nitrogens with zero attached hydrogens (tertiary/aromatic N) is 2. The lowest BCUT2D eigenvalue weighted by atomic mass is 9.85. The van der Waals surface area contributed by atoms with Crippen molar-refractivity contribution in [3.63, 3.8) is 0 Å². The van der Waals surface area contributed by atoms with Crippen molar-refractivity contribution in [3.8, 4) is 34.0 Å². The molecular formula is C44H38N2O. The lowest BCUT2D eigenvalue weighted by Gasteiger charge is -2.20. The van der Waals surface area contributed by atoms with Crippen LogP contribution in [0.1, 0.15) is 52.7 Å². The zero-order valence-electron chi connectivity index (χ0n) is 27.8. The van der Waals surface area contributed by atoms with Crippen molar-refractivity contribution in [3.05, 3.63) is 132 Å². The Bertz CT molecular complexity index is 2480. The van der Waals surface area contributed by atoms with E-state index in [4.69, 9.17) is 4.74 Å². The molecule has 2 aromatic heterocycles. The first-order valence-electron chi connectivity index (χ1n) is 16.6. The summed E-state index contributed by atoms with van der Waals surface area (Å²) in [7, 11) is 0. The Morgan fingerprint density at radius 1 is 0.447 bits per heavy atom. The maximum atomic E-state index is 6.33. The predicted molar refractivity (Wildman–Crippen MR) is 198 cm³/mol. The number of rotatable bonds is 2. The van der Waals surface area contributed by atoms with Crippen LogP contribution in [0, 0.1) is 0 Å². The minimum atomic E-state index is 0.0784. The van der Waals surface area contributed by atoms with Gasteiger partial charge in [-0.05, 0) is 99.8 Å². The minimum absolute atomic E-state index is 0.0784. The summed E-state index contributed by atoms with van der Waals surface area (Å²) >= 11 is 0. The number of hydrogen-bond acceptors (Lipinski definition) is 1. The molecule has 0 amide bonds. The smallest absolute Gasteiger partial charge is 0.152 e.